The Bertz CT molecular complexity index is 4410. The van der Waals surface area contributed by atoms with Crippen molar-refractivity contribution >= 4 is 87.2 Å². The summed E-state index contributed by atoms with van der Waals surface area (Å²) < 4.78 is 9.86. The zero-order valence-corrected chi connectivity index (χ0v) is 37.6. The second kappa shape index (κ2) is 15.0. The predicted octanol–water partition coefficient (Wildman–Crippen LogP) is 15.6. The third-order valence-corrected chi connectivity index (χ3v) is 14.2. The molecule has 0 bridgehead atoms. The minimum absolute atomic E-state index is 0.530. The molecule has 0 spiro atoms. The number of hydrogen-bond acceptors (Lipinski definition) is 3. The molecule has 15 aromatic rings. The predicted molar refractivity (Wildman–Crippen MR) is 288 cm³/mol. The normalized spacial score (nSPS) is 12.0. The van der Waals surface area contributed by atoms with E-state index in [1.165, 1.54) is 21.5 Å². The molecule has 0 radical (unpaired) electrons. The summed E-state index contributed by atoms with van der Waals surface area (Å²) >= 11 is 0. The molecule has 0 aliphatic heterocycles. The summed E-state index contributed by atoms with van der Waals surface area (Å²) in [5.74, 6) is 1.72. The molecule has 10 aromatic carbocycles. The Morgan fingerprint density at radius 2 is 0.543 bits per heavy atom. The van der Waals surface area contributed by atoms with Crippen molar-refractivity contribution in [3.63, 3.8) is 0 Å². The topological polar surface area (TPSA) is 58.4 Å². The van der Waals surface area contributed by atoms with Gasteiger partial charge in [0.1, 0.15) is 0 Å². The molecular formula is C63H39N7. The summed E-state index contributed by atoms with van der Waals surface area (Å²) in [6.45, 7) is 0. The lowest BCUT2D eigenvalue weighted by atomic mass is 10.0. The van der Waals surface area contributed by atoms with E-state index in [1.54, 1.807) is 0 Å². The van der Waals surface area contributed by atoms with Crippen LogP contribution in [-0.4, -0.2) is 33.2 Å². The van der Waals surface area contributed by atoms with Crippen molar-refractivity contribution in [2.45, 2.75) is 0 Å². The summed E-state index contributed by atoms with van der Waals surface area (Å²) in [5, 5.41) is 9.16. The fraction of sp³-hybridized carbons (Fsp3) is 0. The van der Waals surface area contributed by atoms with Crippen molar-refractivity contribution in [2.24, 2.45) is 0 Å². The van der Waals surface area contributed by atoms with Crippen molar-refractivity contribution in [1.29, 1.82) is 0 Å². The lowest BCUT2D eigenvalue weighted by molar-refractivity contribution is 0.953. The fourth-order valence-electron chi connectivity index (χ4n) is 11.4. The quantitative estimate of drug-likeness (QED) is 0.167. The first kappa shape index (κ1) is 38.5. The minimum Gasteiger partial charge on any atom is -0.307 e. The molecule has 7 heteroatoms. The average Bonchev–Trinajstić information content (AvgIpc) is 4.17. The second-order valence-electron chi connectivity index (χ2n) is 17.9. The average molecular weight is 894 g/mol. The lowest BCUT2D eigenvalue weighted by Gasteiger charge is -2.21. The summed E-state index contributed by atoms with van der Waals surface area (Å²) in [6.07, 6.45) is 0. The molecule has 326 valence electrons. The van der Waals surface area contributed by atoms with Crippen LogP contribution in [0, 0.1) is 0 Å². The molecule has 0 amide bonds. The Balaban J connectivity index is 1.27. The molecule has 0 aliphatic rings. The van der Waals surface area contributed by atoms with Gasteiger partial charge in [-0.1, -0.05) is 188 Å². The van der Waals surface area contributed by atoms with E-state index < -0.39 is 0 Å². The highest BCUT2D eigenvalue weighted by atomic mass is 15.2. The van der Waals surface area contributed by atoms with Crippen LogP contribution in [0.2, 0.25) is 0 Å². The van der Waals surface area contributed by atoms with Gasteiger partial charge in [0.15, 0.2) is 11.6 Å². The van der Waals surface area contributed by atoms with Gasteiger partial charge in [0, 0.05) is 59.9 Å². The maximum atomic E-state index is 5.50. The molecule has 70 heavy (non-hydrogen) atoms. The molecule has 0 saturated heterocycles. The Hall–Kier alpha value is -9.59. The monoisotopic (exact) mass is 893 g/mol. The largest absolute Gasteiger partial charge is 0.307 e. The second-order valence-corrected chi connectivity index (χ2v) is 17.9. The summed E-state index contributed by atoms with van der Waals surface area (Å²) in [7, 11) is 0. The van der Waals surface area contributed by atoms with Crippen molar-refractivity contribution in [2.75, 3.05) is 0 Å². The third-order valence-electron chi connectivity index (χ3n) is 14.2. The van der Waals surface area contributed by atoms with Crippen LogP contribution < -0.4 is 0 Å². The number of rotatable bonds is 6. The number of hydrogen-bond donors (Lipinski definition) is 0. The fourth-order valence-corrected chi connectivity index (χ4v) is 11.4. The van der Waals surface area contributed by atoms with E-state index in [9.17, 15) is 0 Å². The van der Waals surface area contributed by atoms with Crippen LogP contribution in [0.3, 0.4) is 0 Å². The van der Waals surface area contributed by atoms with Crippen molar-refractivity contribution < 1.29 is 0 Å². The van der Waals surface area contributed by atoms with Gasteiger partial charge in [0.05, 0.1) is 55.5 Å². The van der Waals surface area contributed by atoms with Gasteiger partial charge in [-0.05, 0) is 48.5 Å². The Labute approximate surface area is 401 Å². The zero-order chi connectivity index (χ0) is 45.9. The van der Waals surface area contributed by atoms with E-state index in [0.717, 1.165) is 93.9 Å². The minimum atomic E-state index is 0.530. The molecule has 0 saturated carbocycles. The molecule has 0 unspecified atom stereocenters. The Kier molecular flexibility index (Phi) is 8.23. The Morgan fingerprint density at radius 3 is 0.943 bits per heavy atom. The highest BCUT2D eigenvalue weighted by Gasteiger charge is 2.32. The molecule has 5 aromatic heterocycles. The molecule has 0 fully saturated rings. The zero-order valence-electron chi connectivity index (χ0n) is 37.6. The lowest BCUT2D eigenvalue weighted by Crippen LogP contribution is -2.09. The first-order chi connectivity index (χ1) is 34.8. The summed E-state index contributed by atoms with van der Waals surface area (Å²) in [6, 6.07) is 84.4. The number of fused-ring (bicyclic) bond motifs is 13. The van der Waals surface area contributed by atoms with E-state index in [-0.39, 0.29) is 0 Å². The number of nitrogens with zero attached hydrogens (tertiary/aromatic N) is 7. The van der Waals surface area contributed by atoms with Gasteiger partial charge in [-0.3, -0.25) is 4.57 Å². The van der Waals surface area contributed by atoms with Crippen LogP contribution >= 0.6 is 0 Å². The van der Waals surface area contributed by atoms with E-state index in [2.05, 4.69) is 218 Å². The van der Waals surface area contributed by atoms with Crippen LogP contribution in [0.15, 0.2) is 237 Å². The van der Waals surface area contributed by atoms with Crippen molar-refractivity contribution in [3.8, 4) is 45.8 Å². The van der Waals surface area contributed by atoms with Crippen LogP contribution in [-0.2, 0) is 0 Å². The van der Waals surface area contributed by atoms with Gasteiger partial charge in [0.25, 0.3) is 0 Å². The maximum absolute atomic E-state index is 5.50. The van der Waals surface area contributed by atoms with Gasteiger partial charge >= 0.3 is 0 Å². The van der Waals surface area contributed by atoms with E-state index in [0.29, 0.717) is 17.6 Å². The molecule has 15 rings (SSSR count). The molecule has 7 nitrogen and oxygen atoms in total. The van der Waals surface area contributed by atoms with Gasteiger partial charge in [-0.2, -0.15) is 9.97 Å². The highest BCUT2D eigenvalue weighted by molar-refractivity contribution is 6.31. The molecular weight excluding hydrogens is 855 g/mol. The number of benzene rings is 10. The first-order valence-corrected chi connectivity index (χ1v) is 23.7. The van der Waals surface area contributed by atoms with Gasteiger partial charge in [0.2, 0.25) is 5.95 Å². The summed E-state index contributed by atoms with van der Waals surface area (Å²) in [4.78, 5) is 16.2. The maximum Gasteiger partial charge on any atom is 0.238 e. The Morgan fingerprint density at radius 1 is 0.243 bits per heavy atom. The van der Waals surface area contributed by atoms with Crippen LogP contribution in [0.5, 0.6) is 0 Å². The van der Waals surface area contributed by atoms with E-state index in [4.69, 9.17) is 15.0 Å². The van der Waals surface area contributed by atoms with Crippen molar-refractivity contribution in [1.82, 2.24) is 33.2 Å². The third kappa shape index (κ3) is 5.42. The molecule has 0 atom stereocenters. The number of para-hydroxylation sites is 7. The van der Waals surface area contributed by atoms with Crippen LogP contribution in [0.1, 0.15) is 0 Å². The smallest absolute Gasteiger partial charge is 0.238 e. The summed E-state index contributed by atoms with van der Waals surface area (Å²) in [5.41, 5.74) is 13.6. The standard InChI is InChI=1S/C63H39N7/c1-4-22-40(23-5-1)61-64-62(41-24-6-2-7-25-41)66-63(65-61)70-54-39-21-15-33-48(54)56-59(69-51-36-18-12-30-45(51)46-31-13-19-37-52(46)69)58(68-49-34-16-10-28-43(49)44-29-11-17-35-50(44)68)55-47-32-14-20-38-53(47)67(57(55)60(56)70)42-26-8-3-9-27-42/h1-39H. The molecule has 0 aliphatic carbocycles. The van der Waals surface area contributed by atoms with E-state index in [1.807, 2.05) is 36.4 Å². The van der Waals surface area contributed by atoms with Gasteiger partial charge in [-0.15, -0.1) is 0 Å². The SMILES string of the molecule is c1ccc(-c2nc(-c3ccccc3)nc(-n3c4ccccc4c4c(-n5c6ccccc6c6ccccc65)c(-n5c6ccccc6c6ccccc65)c5c6ccccc6n(-c6ccccc6)c5c43)n2)cc1. The highest BCUT2D eigenvalue weighted by Crippen LogP contribution is 2.51. The van der Waals surface area contributed by atoms with E-state index >= 15 is 0 Å². The van der Waals surface area contributed by atoms with Crippen LogP contribution in [0.25, 0.3) is 133 Å². The number of aromatic nitrogens is 7. The molecule has 0 N–H and O–H groups in total. The van der Waals surface area contributed by atoms with Crippen molar-refractivity contribution in [3.05, 3.63) is 237 Å². The van der Waals surface area contributed by atoms with Gasteiger partial charge in [-0.25, -0.2) is 4.98 Å². The first-order valence-electron chi connectivity index (χ1n) is 23.7. The van der Waals surface area contributed by atoms with Gasteiger partial charge < -0.3 is 13.7 Å². The molecule has 5 heterocycles. The van der Waals surface area contributed by atoms with Crippen LogP contribution in [0.4, 0.5) is 0 Å².